The van der Waals surface area contributed by atoms with Crippen molar-refractivity contribution >= 4 is 5.97 Å². The smallest absolute Gasteiger partial charge is 0.343 e. The van der Waals surface area contributed by atoms with Gasteiger partial charge in [-0.2, -0.15) is 5.26 Å². The number of fused-ring (bicyclic) bond motifs is 1. The zero-order valence-corrected chi connectivity index (χ0v) is 22.4. The van der Waals surface area contributed by atoms with Crippen molar-refractivity contribution in [3.8, 4) is 34.8 Å². The fourth-order valence-electron chi connectivity index (χ4n) is 4.31. The zero-order chi connectivity index (χ0) is 27.8. The van der Waals surface area contributed by atoms with Crippen LogP contribution in [0.3, 0.4) is 0 Å². The van der Waals surface area contributed by atoms with Gasteiger partial charge in [-0.05, 0) is 62.2 Å². The number of nitriles is 1. The molecule has 3 aromatic carbocycles. The van der Waals surface area contributed by atoms with Crippen LogP contribution < -0.4 is 29.4 Å². The van der Waals surface area contributed by atoms with Crippen LogP contribution in [0.1, 0.15) is 61.0 Å². The number of allylic oxidation sites excluding steroid dienone is 1. The average Bonchev–Trinajstić information content (AvgIpc) is 2.93. The van der Waals surface area contributed by atoms with Crippen LogP contribution >= 0.6 is 0 Å². The molecule has 1 unspecified atom stereocenters. The summed E-state index contributed by atoms with van der Waals surface area (Å²) in [5, 5.41) is 9.95. The largest absolute Gasteiger partial charge is 0.494 e. The van der Waals surface area contributed by atoms with Crippen molar-refractivity contribution in [2.45, 2.75) is 39.5 Å². The number of nitrogens with zero attached hydrogens (tertiary/aromatic N) is 1. The molecule has 0 aliphatic carbocycles. The maximum absolute atomic E-state index is 12.8. The van der Waals surface area contributed by atoms with Crippen LogP contribution in [0.25, 0.3) is 0 Å². The summed E-state index contributed by atoms with van der Waals surface area (Å²) < 4.78 is 28.7. The van der Waals surface area contributed by atoms with Gasteiger partial charge in [0.15, 0.2) is 11.5 Å². The molecular weight excluding hydrogens is 496 g/mol. The van der Waals surface area contributed by atoms with Crippen LogP contribution in [0.4, 0.5) is 0 Å². The predicted molar refractivity (Wildman–Crippen MR) is 146 cm³/mol. The first-order chi connectivity index (χ1) is 19.0. The van der Waals surface area contributed by atoms with Crippen molar-refractivity contribution in [3.63, 3.8) is 0 Å². The van der Waals surface area contributed by atoms with Gasteiger partial charge in [0.1, 0.15) is 28.9 Å². The quantitative estimate of drug-likeness (QED) is 0.180. The summed E-state index contributed by atoms with van der Waals surface area (Å²) in [5.74, 6) is 1.44. The van der Waals surface area contributed by atoms with Gasteiger partial charge >= 0.3 is 5.97 Å². The first-order valence-electron chi connectivity index (χ1n) is 13.0. The first-order valence-corrected chi connectivity index (χ1v) is 13.0. The highest BCUT2D eigenvalue weighted by Crippen LogP contribution is 2.45. The normalized spacial score (nSPS) is 14.1. The van der Waals surface area contributed by atoms with E-state index in [1.54, 1.807) is 42.5 Å². The molecule has 39 heavy (non-hydrogen) atoms. The fraction of sp³-hybridized carbons (Fsp3) is 0.290. The summed E-state index contributed by atoms with van der Waals surface area (Å²) in [6.45, 7) is 7.41. The second-order valence-electron chi connectivity index (χ2n) is 8.82. The van der Waals surface area contributed by atoms with E-state index in [-0.39, 0.29) is 17.2 Å². The average molecular weight is 529 g/mol. The molecule has 1 aliphatic rings. The summed E-state index contributed by atoms with van der Waals surface area (Å²) in [5.41, 5.74) is 8.32. The number of hydrogen-bond acceptors (Lipinski definition) is 8. The Morgan fingerprint density at radius 1 is 0.949 bits per heavy atom. The molecule has 0 spiro atoms. The Labute approximate surface area is 228 Å². The highest BCUT2D eigenvalue weighted by Gasteiger charge is 2.32. The Kier molecular flexibility index (Phi) is 8.95. The first kappa shape index (κ1) is 27.4. The third-order valence-electron chi connectivity index (χ3n) is 6.14. The maximum Gasteiger partial charge on any atom is 0.343 e. The molecule has 0 saturated heterocycles. The van der Waals surface area contributed by atoms with Crippen molar-refractivity contribution in [2.24, 2.45) is 5.73 Å². The Hall–Kier alpha value is -4.64. The minimum absolute atomic E-state index is 0.0101. The van der Waals surface area contributed by atoms with E-state index in [0.717, 1.165) is 18.4 Å². The number of ether oxygens (including phenoxy) is 5. The van der Waals surface area contributed by atoms with E-state index in [9.17, 15) is 10.1 Å². The van der Waals surface area contributed by atoms with E-state index in [4.69, 9.17) is 29.4 Å². The van der Waals surface area contributed by atoms with E-state index in [2.05, 4.69) is 13.0 Å². The number of hydrogen-bond donors (Lipinski definition) is 1. The number of rotatable bonds is 11. The van der Waals surface area contributed by atoms with Crippen molar-refractivity contribution in [3.05, 3.63) is 88.8 Å². The topological polar surface area (TPSA) is 113 Å². The lowest BCUT2D eigenvalue weighted by Crippen LogP contribution is -2.21. The second-order valence-corrected chi connectivity index (χ2v) is 8.82. The molecule has 8 heteroatoms. The number of esters is 1. The van der Waals surface area contributed by atoms with Crippen LogP contribution in [0.5, 0.6) is 28.7 Å². The van der Waals surface area contributed by atoms with Crippen molar-refractivity contribution < 1.29 is 28.5 Å². The predicted octanol–water partition coefficient (Wildman–Crippen LogP) is 6.10. The van der Waals surface area contributed by atoms with Gasteiger partial charge in [-0.1, -0.05) is 31.5 Å². The molecular formula is C31H32N2O6. The van der Waals surface area contributed by atoms with Crippen molar-refractivity contribution in [2.75, 3.05) is 19.8 Å². The molecule has 1 heterocycles. The molecule has 0 saturated carbocycles. The van der Waals surface area contributed by atoms with Crippen LogP contribution in [0, 0.1) is 11.3 Å². The minimum atomic E-state index is -0.537. The molecule has 1 aliphatic heterocycles. The monoisotopic (exact) mass is 528 g/mol. The van der Waals surface area contributed by atoms with Gasteiger partial charge in [0.05, 0.1) is 31.3 Å². The highest BCUT2D eigenvalue weighted by molar-refractivity contribution is 5.91. The Bertz CT molecular complexity index is 1410. The Morgan fingerprint density at radius 3 is 2.51 bits per heavy atom. The molecule has 4 rings (SSSR count). The van der Waals surface area contributed by atoms with Gasteiger partial charge in [0, 0.05) is 11.6 Å². The van der Waals surface area contributed by atoms with E-state index in [0.29, 0.717) is 53.9 Å². The Balaban J connectivity index is 1.65. The van der Waals surface area contributed by atoms with Gasteiger partial charge < -0.3 is 29.4 Å². The van der Waals surface area contributed by atoms with E-state index < -0.39 is 11.9 Å². The third kappa shape index (κ3) is 6.27. The molecule has 8 nitrogen and oxygen atoms in total. The van der Waals surface area contributed by atoms with Crippen LogP contribution in [0.15, 0.2) is 72.1 Å². The molecule has 1 atom stereocenters. The summed E-state index contributed by atoms with van der Waals surface area (Å²) in [6.07, 6.45) is 1.96. The van der Waals surface area contributed by atoms with Crippen LogP contribution in [0.2, 0.25) is 0 Å². The standard InChI is InChI=1S/C31H32N2O6/c1-4-7-15-37-26-14-11-20(17-28(26)36-6-3)29-24-13-12-23(18-27(24)39-30(33)25(29)19-32)38-31(34)21-9-8-10-22(16-21)35-5-2/h8-14,16-18,29H,4-7,15,33H2,1-3H3. The molecule has 0 amide bonds. The highest BCUT2D eigenvalue weighted by atomic mass is 16.5. The number of carbonyl (C=O) groups excluding carboxylic acids is 1. The van der Waals surface area contributed by atoms with Gasteiger partial charge in [-0.3, -0.25) is 0 Å². The van der Waals surface area contributed by atoms with Crippen LogP contribution in [-0.2, 0) is 0 Å². The van der Waals surface area contributed by atoms with Gasteiger partial charge in [0.2, 0.25) is 5.88 Å². The molecule has 0 radical (unpaired) electrons. The van der Waals surface area contributed by atoms with E-state index >= 15 is 0 Å². The minimum Gasteiger partial charge on any atom is -0.494 e. The summed E-state index contributed by atoms with van der Waals surface area (Å²) in [7, 11) is 0. The molecule has 3 aromatic rings. The summed E-state index contributed by atoms with van der Waals surface area (Å²) in [4.78, 5) is 12.8. The molecule has 0 bridgehead atoms. The van der Waals surface area contributed by atoms with Crippen molar-refractivity contribution in [1.82, 2.24) is 0 Å². The number of nitrogens with two attached hydrogens (primary N) is 1. The zero-order valence-electron chi connectivity index (χ0n) is 22.4. The van der Waals surface area contributed by atoms with Crippen LogP contribution in [-0.4, -0.2) is 25.8 Å². The van der Waals surface area contributed by atoms with E-state index in [1.807, 2.05) is 32.0 Å². The van der Waals surface area contributed by atoms with E-state index in [1.165, 1.54) is 0 Å². The molecule has 202 valence electrons. The number of unbranched alkanes of at least 4 members (excludes halogenated alkanes) is 1. The lowest BCUT2D eigenvalue weighted by atomic mass is 9.83. The fourth-order valence-corrected chi connectivity index (χ4v) is 4.31. The lowest BCUT2D eigenvalue weighted by molar-refractivity contribution is 0.0734. The molecule has 0 fully saturated rings. The van der Waals surface area contributed by atoms with Gasteiger partial charge in [-0.25, -0.2) is 4.79 Å². The molecule has 2 N–H and O–H groups in total. The number of carbonyl (C=O) groups is 1. The van der Waals surface area contributed by atoms with Gasteiger partial charge in [0.25, 0.3) is 0 Å². The van der Waals surface area contributed by atoms with Gasteiger partial charge in [-0.15, -0.1) is 0 Å². The summed E-state index contributed by atoms with van der Waals surface area (Å²) >= 11 is 0. The lowest BCUT2D eigenvalue weighted by Gasteiger charge is -2.27. The van der Waals surface area contributed by atoms with Crippen molar-refractivity contribution in [1.29, 1.82) is 5.26 Å². The SMILES string of the molecule is CCCCOc1ccc(C2C(C#N)=C(N)Oc3cc(OC(=O)c4cccc(OCC)c4)ccc32)cc1OCC. The number of benzene rings is 3. The molecule has 0 aromatic heterocycles. The Morgan fingerprint density at radius 2 is 1.77 bits per heavy atom. The third-order valence-corrected chi connectivity index (χ3v) is 6.14. The maximum atomic E-state index is 12.8. The summed E-state index contributed by atoms with van der Waals surface area (Å²) in [6, 6.07) is 19.6. The second kappa shape index (κ2) is 12.7.